The predicted molar refractivity (Wildman–Crippen MR) is 84.0 cm³/mol. The Hall–Kier alpha value is -2.55. The van der Waals surface area contributed by atoms with E-state index in [0.29, 0.717) is 17.9 Å². The third-order valence-corrected chi connectivity index (χ3v) is 3.58. The number of anilines is 1. The predicted octanol–water partition coefficient (Wildman–Crippen LogP) is 3.45. The molecular formula is C18H17NO2. The fourth-order valence-electron chi connectivity index (χ4n) is 2.58. The van der Waals surface area contributed by atoms with Crippen molar-refractivity contribution in [1.82, 2.24) is 0 Å². The fraction of sp³-hybridized carbons (Fsp3) is 0.167. The number of nitrogens with zero attached hydrogens (tertiary/aromatic N) is 1. The van der Waals surface area contributed by atoms with Crippen molar-refractivity contribution in [3.63, 3.8) is 0 Å². The summed E-state index contributed by atoms with van der Waals surface area (Å²) < 4.78 is 5.49. The van der Waals surface area contributed by atoms with E-state index >= 15 is 0 Å². The minimum atomic E-state index is 0.0176. The van der Waals surface area contributed by atoms with Gasteiger partial charge in [0, 0.05) is 17.8 Å². The van der Waals surface area contributed by atoms with E-state index in [1.54, 1.807) is 12.1 Å². The number of ether oxygens (including phenoxy) is 1. The normalized spacial score (nSPS) is 12.9. The number of carbonyl (C=O) groups is 1. The summed E-state index contributed by atoms with van der Waals surface area (Å²) in [5.41, 5.74) is 2.89. The largest absolute Gasteiger partial charge is 0.490 e. The van der Waals surface area contributed by atoms with Crippen molar-refractivity contribution in [3.05, 3.63) is 72.3 Å². The zero-order valence-corrected chi connectivity index (χ0v) is 11.8. The third-order valence-electron chi connectivity index (χ3n) is 3.58. The van der Waals surface area contributed by atoms with Crippen LogP contribution < -0.4 is 9.64 Å². The van der Waals surface area contributed by atoms with E-state index in [9.17, 15) is 4.79 Å². The molecule has 0 aliphatic carbocycles. The van der Waals surface area contributed by atoms with Gasteiger partial charge in [0.2, 0.25) is 0 Å². The first-order valence-corrected chi connectivity index (χ1v) is 7.03. The van der Waals surface area contributed by atoms with Crippen molar-refractivity contribution in [3.8, 4) is 5.75 Å². The molecule has 0 atom stereocenters. The van der Waals surface area contributed by atoms with Crippen LogP contribution in [0.15, 0.2) is 61.2 Å². The number of para-hydroxylation sites is 1. The summed E-state index contributed by atoms with van der Waals surface area (Å²) >= 11 is 0. The molecule has 3 heteroatoms. The minimum absolute atomic E-state index is 0.0176. The molecule has 1 heterocycles. The summed E-state index contributed by atoms with van der Waals surface area (Å²) in [6.07, 6.45) is 2.60. The van der Waals surface area contributed by atoms with Gasteiger partial charge in [-0.2, -0.15) is 0 Å². The van der Waals surface area contributed by atoms with Crippen molar-refractivity contribution in [2.24, 2.45) is 0 Å². The maximum atomic E-state index is 12.7. The van der Waals surface area contributed by atoms with Crippen LogP contribution in [0.1, 0.15) is 15.9 Å². The van der Waals surface area contributed by atoms with Gasteiger partial charge < -0.3 is 9.64 Å². The molecule has 0 fully saturated rings. The summed E-state index contributed by atoms with van der Waals surface area (Å²) in [6, 6.07) is 15.3. The van der Waals surface area contributed by atoms with E-state index in [0.717, 1.165) is 18.7 Å². The number of hydrogen-bond donors (Lipinski definition) is 0. The Morgan fingerprint density at radius 3 is 2.95 bits per heavy atom. The average molecular weight is 279 g/mol. The molecule has 1 aliphatic heterocycles. The standard InChI is InChI=1S/C18H17NO2/c1-2-12-21-16-8-5-7-15(13-16)18(20)19-11-10-14-6-3-4-9-17(14)19/h2-9,13H,1,10-12H2. The van der Waals surface area contributed by atoms with Gasteiger partial charge in [-0.05, 0) is 36.2 Å². The van der Waals surface area contributed by atoms with E-state index in [-0.39, 0.29) is 5.91 Å². The van der Waals surface area contributed by atoms with Gasteiger partial charge in [0.15, 0.2) is 0 Å². The topological polar surface area (TPSA) is 29.5 Å². The molecule has 106 valence electrons. The van der Waals surface area contributed by atoms with E-state index < -0.39 is 0 Å². The lowest BCUT2D eigenvalue weighted by atomic mass is 10.1. The van der Waals surface area contributed by atoms with Crippen LogP contribution in [0.5, 0.6) is 5.75 Å². The summed E-state index contributed by atoms with van der Waals surface area (Å²) in [4.78, 5) is 14.5. The highest BCUT2D eigenvalue weighted by Gasteiger charge is 2.25. The lowest BCUT2D eigenvalue weighted by Crippen LogP contribution is -2.28. The van der Waals surface area contributed by atoms with Gasteiger partial charge in [-0.15, -0.1) is 0 Å². The van der Waals surface area contributed by atoms with Crippen LogP contribution in [0.25, 0.3) is 0 Å². The van der Waals surface area contributed by atoms with Crippen LogP contribution in [0, 0.1) is 0 Å². The first-order valence-electron chi connectivity index (χ1n) is 7.03. The van der Waals surface area contributed by atoms with E-state index in [1.165, 1.54) is 5.56 Å². The maximum absolute atomic E-state index is 12.7. The summed E-state index contributed by atoms with van der Waals surface area (Å²) in [6.45, 7) is 4.79. The molecule has 0 spiro atoms. The van der Waals surface area contributed by atoms with Crippen molar-refractivity contribution in [1.29, 1.82) is 0 Å². The lowest BCUT2D eigenvalue weighted by molar-refractivity contribution is 0.0989. The second kappa shape index (κ2) is 5.83. The Labute approximate surface area is 124 Å². The molecule has 21 heavy (non-hydrogen) atoms. The van der Waals surface area contributed by atoms with E-state index in [4.69, 9.17) is 4.74 Å². The molecule has 0 bridgehead atoms. The Balaban J connectivity index is 1.84. The molecule has 0 radical (unpaired) electrons. The number of benzene rings is 2. The summed E-state index contributed by atoms with van der Waals surface area (Å²) in [5.74, 6) is 0.706. The minimum Gasteiger partial charge on any atom is -0.490 e. The molecule has 3 rings (SSSR count). The van der Waals surface area contributed by atoms with Gasteiger partial charge in [-0.1, -0.05) is 36.9 Å². The Bertz CT molecular complexity index is 678. The number of amides is 1. The van der Waals surface area contributed by atoms with Crippen LogP contribution in [0.4, 0.5) is 5.69 Å². The van der Waals surface area contributed by atoms with Crippen molar-refractivity contribution < 1.29 is 9.53 Å². The van der Waals surface area contributed by atoms with Crippen molar-refractivity contribution >= 4 is 11.6 Å². The van der Waals surface area contributed by atoms with Crippen LogP contribution in [0.2, 0.25) is 0 Å². The Morgan fingerprint density at radius 2 is 2.10 bits per heavy atom. The molecule has 1 aliphatic rings. The molecule has 0 unspecified atom stereocenters. The number of hydrogen-bond acceptors (Lipinski definition) is 2. The number of rotatable bonds is 4. The van der Waals surface area contributed by atoms with Crippen LogP contribution in [-0.4, -0.2) is 19.1 Å². The molecule has 2 aromatic rings. The summed E-state index contributed by atoms with van der Waals surface area (Å²) in [5, 5.41) is 0. The van der Waals surface area contributed by atoms with Crippen molar-refractivity contribution in [2.45, 2.75) is 6.42 Å². The number of carbonyl (C=O) groups excluding carboxylic acids is 1. The quantitative estimate of drug-likeness (QED) is 0.802. The van der Waals surface area contributed by atoms with E-state index in [1.807, 2.05) is 41.3 Å². The van der Waals surface area contributed by atoms with Gasteiger partial charge >= 0.3 is 0 Å². The third kappa shape index (κ3) is 2.68. The lowest BCUT2D eigenvalue weighted by Gasteiger charge is -2.17. The molecule has 0 saturated carbocycles. The Morgan fingerprint density at radius 1 is 1.24 bits per heavy atom. The van der Waals surface area contributed by atoms with Crippen molar-refractivity contribution in [2.75, 3.05) is 18.1 Å². The van der Waals surface area contributed by atoms with Gasteiger partial charge in [-0.25, -0.2) is 0 Å². The molecular weight excluding hydrogens is 262 g/mol. The second-order valence-corrected chi connectivity index (χ2v) is 4.96. The van der Waals surface area contributed by atoms with Gasteiger partial charge in [0.25, 0.3) is 5.91 Å². The highest BCUT2D eigenvalue weighted by Crippen LogP contribution is 2.29. The van der Waals surface area contributed by atoms with Gasteiger partial charge in [0.05, 0.1) is 0 Å². The zero-order chi connectivity index (χ0) is 14.7. The maximum Gasteiger partial charge on any atom is 0.258 e. The van der Waals surface area contributed by atoms with Gasteiger partial charge in [0.1, 0.15) is 12.4 Å². The Kier molecular flexibility index (Phi) is 3.73. The molecule has 0 aromatic heterocycles. The number of fused-ring (bicyclic) bond motifs is 1. The smallest absolute Gasteiger partial charge is 0.258 e. The van der Waals surface area contributed by atoms with Crippen LogP contribution >= 0.6 is 0 Å². The molecule has 0 N–H and O–H groups in total. The highest BCUT2D eigenvalue weighted by molar-refractivity contribution is 6.07. The molecule has 3 nitrogen and oxygen atoms in total. The monoisotopic (exact) mass is 279 g/mol. The second-order valence-electron chi connectivity index (χ2n) is 4.96. The van der Waals surface area contributed by atoms with Crippen LogP contribution in [0.3, 0.4) is 0 Å². The van der Waals surface area contributed by atoms with Crippen LogP contribution in [-0.2, 0) is 6.42 Å². The first-order chi connectivity index (χ1) is 10.3. The highest BCUT2D eigenvalue weighted by atomic mass is 16.5. The molecule has 2 aromatic carbocycles. The fourth-order valence-corrected chi connectivity index (χ4v) is 2.58. The zero-order valence-electron chi connectivity index (χ0n) is 11.8. The summed E-state index contributed by atoms with van der Waals surface area (Å²) in [7, 11) is 0. The van der Waals surface area contributed by atoms with Gasteiger partial charge in [-0.3, -0.25) is 4.79 Å². The molecule has 1 amide bonds. The molecule has 0 saturated heterocycles. The van der Waals surface area contributed by atoms with E-state index in [2.05, 4.69) is 12.6 Å². The first kappa shape index (κ1) is 13.4. The SMILES string of the molecule is C=CCOc1cccc(C(=O)N2CCc3ccccc32)c1. The average Bonchev–Trinajstić information content (AvgIpc) is 2.96.